The number of halogens is 2. The molecule has 0 aliphatic heterocycles. The molecule has 26 heavy (non-hydrogen) atoms. The smallest absolute Gasteiger partial charge is 0.267 e. The molecule has 0 unspecified atom stereocenters. The van der Waals surface area contributed by atoms with Crippen molar-refractivity contribution >= 4 is 35.0 Å². The Hall–Kier alpha value is -2.04. The Morgan fingerprint density at radius 2 is 1.42 bits per heavy atom. The molecule has 0 aliphatic carbocycles. The molecule has 0 atom stereocenters. The Labute approximate surface area is 164 Å². The van der Waals surface area contributed by atoms with Crippen molar-refractivity contribution in [1.82, 2.24) is 10.0 Å². The zero-order chi connectivity index (χ0) is 19.6. The van der Waals surface area contributed by atoms with Gasteiger partial charge in [0.1, 0.15) is 0 Å². The number of benzene rings is 2. The Balaban J connectivity index is 2.42. The minimum Gasteiger partial charge on any atom is -0.267 e. The molecular formula is C20H22Cl2N2O2. The molecular weight excluding hydrogens is 371 g/mol. The summed E-state index contributed by atoms with van der Waals surface area (Å²) in [4.78, 5) is 26.1. The van der Waals surface area contributed by atoms with Gasteiger partial charge < -0.3 is 0 Å². The van der Waals surface area contributed by atoms with Crippen molar-refractivity contribution in [3.8, 4) is 0 Å². The van der Waals surface area contributed by atoms with Crippen LogP contribution in [0.2, 0.25) is 10.0 Å². The normalized spacial score (nSPS) is 11.2. The van der Waals surface area contributed by atoms with Crippen molar-refractivity contribution in [3.63, 3.8) is 0 Å². The molecule has 0 saturated heterocycles. The van der Waals surface area contributed by atoms with Gasteiger partial charge in [0.05, 0.1) is 5.54 Å². The van der Waals surface area contributed by atoms with E-state index in [9.17, 15) is 9.59 Å². The zero-order valence-electron chi connectivity index (χ0n) is 15.5. The van der Waals surface area contributed by atoms with Gasteiger partial charge in [-0.15, -0.1) is 0 Å². The molecule has 2 rings (SSSR count). The van der Waals surface area contributed by atoms with Crippen LogP contribution in [-0.4, -0.2) is 34.4 Å². The van der Waals surface area contributed by atoms with Gasteiger partial charge in [-0.2, -0.15) is 0 Å². The highest BCUT2D eigenvalue weighted by molar-refractivity contribution is 6.31. The standard InChI is InChI=1S/C20H22Cl2N2O2/c1-13-12-16(22)10-11-17(13)19(26)24(20(2,3)4)23(5)18(25)14-6-8-15(21)9-7-14/h6-12H,1-5H3. The lowest BCUT2D eigenvalue weighted by atomic mass is 10.0. The fourth-order valence-electron chi connectivity index (χ4n) is 2.74. The van der Waals surface area contributed by atoms with Crippen LogP contribution < -0.4 is 0 Å². The van der Waals surface area contributed by atoms with Gasteiger partial charge in [0.2, 0.25) is 0 Å². The maximum atomic E-state index is 13.2. The average molecular weight is 393 g/mol. The van der Waals surface area contributed by atoms with E-state index in [-0.39, 0.29) is 11.8 Å². The predicted molar refractivity (Wildman–Crippen MR) is 106 cm³/mol. The van der Waals surface area contributed by atoms with E-state index in [0.29, 0.717) is 21.2 Å². The van der Waals surface area contributed by atoms with Crippen LogP contribution in [0.3, 0.4) is 0 Å². The largest absolute Gasteiger partial charge is 0.273 e. The van der Waals surface area contributed by atoms with Crippen LogP contribution >= 0.6 is 23.2 Å². The van der Waals surface area contributed by atoms with E-state index in [4.69, 9.17) is 23.2 Å². The van der Waals surface area contributed by atoms with Crippen LogP contribution in [0.25, 0.3) is 0 Å². The minimum absolute atomic E-state index is 0.267. The van der Waals surface area contributed by atoms with Gasteiger partial charge in [0, 0.05) is 28.2 Å². The lowest BCUT2D eigenvalue weighted by molar-refractivity contribution is -0.0308. The first-order chi connectivity index (χ1) is 12.0. The Morgan fingerprint density at radius 3 is 1.92 bits per heavy atom. The van der Waals surface area contributed by atoms with E-state index < -0.39 is 5.54 Å². The summed E-state index contributed by atoms with van der Waals surface area (Å²) in [5.41, 5.74) is 1.09. The van der Waals surface area contributed by atoms with Crippen LogP contribution in [0.5, 0.6) is 0 Å². The van der Waals surface area contributed by atoms with Gasteiger partial charge in [-0.05, 0) is 75.7 Å². The summed E-state index contributed by atoms with van der Waals surface area (Å²) in [6.45, 7) is 7.45. The second-order valence-electron chi connectivity index (χ2n) is 7.08. The van der Waals surface area contributed by atoms with E-state index in [2.05, 4.69) is 0 Å². The highest BCUT2D eigenvalue weighted by atomic mass is 35.5. The van der Waals surface area contributed by atoms with Gasteiger partial charge in [-0.3, -0.25) is 9.59 Å². The fraction of sp³-hybridized carbons (Fsp3) is 0.300. The summed E-state index contributed by atoms with van der Waals surface area (Å²) in [6, 6.07) is 11.7. The lowest BCUT2D eigenvalue weighted by Crippen LogP contribution is -2.56. The van der Waals surface area contributed by atoms with E-state index in [1.54, 1.807) is 49.5 Å². The van der Waals surface area contributed by atoms with Gasteiger partial charge >= 0.3 is 0 Å². The van der Waals surface area contributed by atoms with E-state index in [0.717, 1.165) is 5.56 Å². The number of rotatable bonds is 2. The molecule has 138 valence electrons. The number of hydrogen-bond donors (Lipinski definition) is 0. The van der Waals surface area contributed by atoms with E-state index in [1.807, 2.05) is 27.7 Å². The van der Waals surface area contributed by atoms with Gasteiger partial charge in [-0.25, -0.2) is 10.0 Å². The summed E-state index contributed by atoms with van der Waals surface area (Å²) in [6.07, 6.45) is 0. The first kappa shape index (κ1) is 20.3. The molecule has 0 radical (unpaired) electrons. The number of hydrazine groups is 1. The summed E-state index contributed by atoms with van der Waals surface area (Å²) in [5.74, 6) is -0.562. The molecule has 0 saturated carbocycles. The van der Waals surface area contributed by atoms with Gasteiger partial charge in [-0.1, -0.05) is 23.2 Å². The molecule has 6 heteroatoms. The third-order valence-electron chi connectivity index (χ3n) is 3.93. The fourth-order valence-corrected chi connectivity index (χ4v) is 3.09. The predicted octanol–water partition coefficient (Wildman–Crippen LogP) is 5.23. The van der Waals surface area contributed by atoms with Crippen LogP contribution in [-0.2, 0) is 0 Å². The Bertz CT molecular complexity index is 827. The second-order valence-corrected chi connectivity index (χ2v) is 7.96. The van der Waals surface area contributed by atoms with E-state index >= 15 is 0 Å². The second kappa shape index (κ2) is 7.68. The minimum atomic E-state index is -0.611. The molecule has 0 N–H and O–H groups in total. The van der Waals surface area contributed by atoms with E-state index in [1.165, 1.54) is 10.0 Å². The molecule has 2 aromatic carbocycles. The first-order valence-corrected chi connectivity index (χ1v) is 8.92. The average Bonchev–Trinajstić information content (AvgIpc) is 2.53. The third-order valence-corrected chi connectivity index (χ3v) is 4.42. The highest BCUT2D eigenvalue weighted by Gasteiger charge is 2.34. The lowest BCUT2D eigenvalue weighted by Gasteiger charge is -2.41. The zero-order valence-corrected chi connectivity index (χ0v) is 17.0. The van der Waals surface area contributed by atoms with Crippen LogP contribution in [0.4, 0.5) is 0 Å². The number of carbonyl (C=O) groups excluding carboxylic acids is 2. The molecule has 0 spiro atoms. The molecule has 0 aliphatic rings. The Kier molecular flexibility index (Phi) is 5.99. The summed E-state index contributed by atoms with van der Waals surface area (Å²) in [7, 11) is 1.59. The van der Waals surface area contributed by atoms with Gasteiger partial charge in [0.25, 0.3) is 11.8 Å². The molecule has 2 amide bonds. The number of hydrogen-bond acceptors (Lipinski definition) is 2. The van der Waals surface area contributed by atoms with Crippen molar-refractivity contribution in [2.45, 2.75) is 33.2 Å². The number of amides is 2. The molecule has 0 heterocycles. The molecule has 0 fully saturated rings. The molecule has 2 aromatic rings. The van der Waals surface area contributed by atoms with Crippen molar-refractivity contribution in [2.75, 3.05) is 7.05 Å². The summed E-state index contributed by atoms with van der Waals surface area (Å²) < 4.78 is 0. The molecule has 0 aromatic heterocycles. The number of nitrogens with zero attached hydrogens (tertiary/aromatic N) is 2. The van der Waals surface area contributed by atoms with Crippen molar-refractivity contribution in [3.05, 3.63) is 69.2 Å². The Morgan fingerprint density at radius 1 is 0.885 bits per heavy atom. The number of carbonyl (C=O) groups is 2. The molecule has 0 bridgehead atoms. The van der Waals surface area contributed by atoms with Crippen LogP contribution in [0, 0.1) is 6.92 Å². The highest BCUT2D eigenvalue weighted by Crippen LogP contribution is 2.24. The van der Waals surface area contributed by atoms with Gasteiger partial charge in [0.15, 0.2) is 0 Å². The molecule has 4 nitrogen and oxygen atoms in total. The van der Waals surface area contributed by atoms with Crippen molar-refractivity contribution in [1.29, 1.82) is 0 Å². The quantitative estimate of drug-likeness (QED) is 0.656. The topological polar surface area (TPSA) is 40.6 Å². The summed E-state index contributed by atoms with van der Waals surface area (Å²) in [5, 5.41) is 3.91. The van der Waals surface area contributed by atoms with Crippen LogP contribution in [0.15, 0.2) is 42.5 Å². The van der Waals surface area contributed by atoms with Crippen LogP contribution in [0.1, 0.15) is 47.1 Å². The first-order valence-electron chi connectivity index (χ1n) is 8.16. The third kappa shape index (κ3) is 4.37. The number of aryl methyl sites for hydroxylation is 1. The maximum absolute atomic E-state index is 13.2. The summed E-state index contributed by atoms with van der Waals surface area (Å²) >= 11 is 11.9. The SMILES string of the molecule is Cc1cc(Cl)ccc1C(=O)N(N(C)C(=O)c1ccc(Cl)cc1)C(C)(C)C. The maximum Gasteiger partial charge on any atom is 0.273 e. The van der Waals surface area contributed by atoms with Crippen molar-refractivity contribution in [2.24, 2.45) is 0 Å². The van der Waals surface area contributed by atoms with Crippen molar-refractivity contribution < 1.29 is 9.59 Å². The monoisotopic (exact) mass is 392 g/mol.